The van der Waals surface area contributed by atoms with E-state index in [-0.39, 0.29) is 25.2 Å². The zero-order chi connectivity index (χ0) is 19.5. The second-order valence-corrected chi connectivity index (χ2v) is 7.56. The minimum atomic E-state index is -2.68. The molecule has 0 aromatic heterocycles. The van der Waals surface area contributed by atoms with Gasteiger partial charge in [-0.25, -0.2) is 9.59 Å². The van der Waals surface area contributed by atoms with Gasteiger partial charge < -0.3 is 18.5 Å². The van der Waals surface area contributed by atoms with Gasteiger partial charge in [-0.3, -0.25) is 4.57 Å². The Morgan fingerprint density at radius 1 is 0.750 bits per heavy atom. The summed E-state index contributed by atoms with van der Waals surface area (Å²) in [5.41, 5.74) is 2.75. The molecule has 2 aromatic carbocycles. The van der Waals surface area contributed by atoms with Crippen molar-refractivity contribution in [3.63, 3.8) is 0 Å². The monoisotopic (exact) mass is 402 g/mol. The number of hydrogen-bond acceptors (Lipinski definition) is 7. The molecule has 0 N–H and O–H groups in total. The fourth-order valence-electron chi connectivity index (χ4n) is 3.41. The number of ether oxygens (including phenoxy) is 2. The SMILES string of the molecule is O=C1OC(CCO[PH](=O)OCCC2OC(=O)c3ccccc32)c2ccccc21. The van der Waals surface area contributed by atoms with Gasteiger partial charge in [-0.05, 0) is 12.1 Å². The molecule has 2 aliphatic rings. The molecule has 0 saturated heterocycles. The van der Waals surface area contributed by atoms with E-state index in [0.717, 1.165) is 11.1 Å². The highest BCUT2D eigenvalue weighted by Gasteiger charge is 2.31. The van der Waals surface area contributed by atoms with Gasteiger partial charge in [0.05, 0.1) is 24.3 Å². The van der Waals surface area contributed by atoms with Crippen molar-refractivity contribution in [2.24, 2.45) is 0 Å². The topological polar surface area (TPSA) is 88.1 Å². The zero-order valence-corrected chi connectivity index (χ0v) is 16.0. The average Bonchev–Trinajstić information content (AvgIpc) is 3.20. The van der Waals surface area contributed by atoms with Gasteiger partial charge in [-0.2, -0.15) is 0 Å². The molecule has 0 aliphatic carbocycles. The van der Waals surface area contributed by atoms with Crippen LogP contribution in [0, 0.1) is 0 Å². The lowest BCUT2D eigenvalue weighted by molar-refractivity contribution is 0.0331. The zero-order valence-electron chi connectivity index (χ0n) is 15.0. The van der Waals surface area contributed by atoms with Crippen LogP contribution in [0.3, 0.4) is 0 Å². The second kappa shape index (κ2) is 8.27. The number of esters is 2. The highest BCUT2D eigenvalue weighted by Crippen LogP contribution is 2.36. The predicted octanol–water partition coefficient (Wildman–Crippen LogP) is 4.01. The number of fused-ring (bicyclic) bond motifs is 2. The summed E-state index contributed by atoms with van der Waals surface area (Å²) in [5.74, 6) is -0.702. The van der Waals surface area contributed by atoms with E-state index in [0.29, 0.717) is 24.0 Å². The summed E-state index contributed by atoms with van der Waals surface area (Å²) in [5, 5.41) is 0. The van der Waals surface area contributed by atoms with Gasteiger partial charge in [-0.15, -0.1) is 0 Å². The molecule has 0 spiro atoms. The predicted molar refractivity (Wildman–Crippen MR) is 99.3 cm³/mol. The number of carbonyl (C=O) groups is 2. The third kappa shape index (κ3) is 3.87. The number of carbonyl (C=O) groups excluding carboxylic acids is 2. The minimum absolute atomic E-state index is 0.144. The maximum absolute atomic E-state index is 11.9. The Labute approximate surface area is 162 Å². The number of benzene rings is 2. The van der Waals surface area contributed by atoms with Gasteiger partial charge >= 0.3 is 20.2 Å². The van der Waals surface area contributed by atoms with Crippen LogP contribution in [0.2, 0.25) is 0 Å². The lowest BCUT2D eigenvalue weighted by atomic mass is 10.0. The van der Waals surface area contributed by atoms with Crippen molar-refractivity contribution >= 4 is 20.2 Å². The first kappa shape index (κ1) is 18.9. The largest absolute Gasteiger partial charge is 0.454 e. The number of rotatable bonds is 8. The van der Waals surface area contributed by atoms with Gasteiger partial charge in [0.2, 0.25) is 0 Å². The molecule has 0 bridgehead atoms. The summed E-state index contributed by atoms with van der Waals surface area (Å²) in [6.45, 7) is 0.288. The third-order valence-corrected chi connectivity index (χ3v) is 5.63. The fourth-order valence-corrected chi connectivity index (χ4v) is 4.06. The van der Waals surface area contributed by atoms with Crippen molar-refractivity contribution in [2.45, 2.75) is 25.0 Å². The summed E-state index contributed by atoms with van der Waals surface area (Å²) in [7, 11) is -2.68. The van der Waals surface area contributed by atoms with Crippen LogP contribution in [-0.4, -0.2) is 25.2 Å². The smallest absolute Gasteiger partial charge is 0.339 e. The van der Waals surface area contributed by atoms with E-state index in [1.165, 1.54) is 0 Å². The molecule has 7 nitrogen and oxygen atoms in total. The van der Waals surface area contributed by atoms with E-state index in [4.69, 9.17) is 18.5 Å². The first-order chi connectivity index (χ1) is 13.6. The van der Waals surface area contributed by atoms with Gasteiger partial charge in [0.15, 0.2) is 0 Å². The Morgan fingerprint density at radius 2 is 1.18 bits per heavy atom. The molecule has 0 radical (unpaired) electrons. The summed E-state index contributed by atoms with van der Waals surface area (Å²) in [6.07, 6.45) is 0.00696. The van der Waals surface area contributed by atoms with Crippen LogP contribution in [-0.2, 0) is 23.1 Å². The van der Waals surface area contributed by atoms with Gasteiger partial charge in [0, 0.05) is 24.0 Å². The van der Waals surface area contributed by atoms with Gasteiger partial charge in [0.1, 0.15) is 12.2 Å². The maximum atomic E-state index is 11.9. The summed E-state index contributed by atoms with van der Waals surface area (Å²) >= 11 is 0. The molecule has 8 heteroatoms. The molecule has 28 heavy (non-hydrogen) atoms. The van der Waals surface area contributed by atoms with E-state index >= 15 is 0 Å². The Bertz CT molecular complexity index is 853. The first-order valence-corrected chi connectivity index (χ1v) is 10.3. The molecule has 2 aromatic rings. The molecule has 4 rings (SSSR count). The highest BCUT2D eigenvalue weighted by atomic mass is 31.1. The Hall–Kier alpha value is -2.47. The minimum Gasteiger partial charge on any atom is -0.454 e. The summed E-state index contributed by atoms with van der Waals surface area (Å²) in [4.78, 5) is 23.5. The second-order valence-electron chi connectivity index (χ2n) is 6.49. The van der Waals surface area contributed by atoms with Crippen LogP contribution in [0.25, 0.3) is 0 Å². The van der Waals surface area contributed by atoms with Crippen LogP contribution in [0.1, 0.15) is 56.9 Å². The molecule has 0 fully saturated rings. The van der Waals surface area contributed by atoms with Crippen molar-refractivity contribution in [1.29, 1.82) is 0 Å². The Kier molecular flexibility index (Phi) is 5.57. The van der Waals surface area contributed by atoms with Crippen molar-refractivity contribution in [3.05, 3.63) is 70.8 Å². The molecule has 2 heterocycles. The molecule has 0 saturated carbocycles. The van der Waals surface area contributed by atoms with Crippen LogP contribution in [0.4, 0.5) is 0 Å². The average molecular weight is 402 g/mol. The van der Waals surface area contributed by atoms with Crippen molar-refractivity contribution in [3.8, 4) is 0 Å². The summed E-state index contributed by atoms with van der Waals surface area (Å²) in [6, 6.07) is 14.4. The first-order valence-electron chi connectivity index (χ1n) is 9.03. The molecular weight excluding hydrogens is 383 g/mol. The van der Waals surface area contributed by atoms with Crippen LogP contribution in [0.5, 0.6) is 0 Å². The van der Waals surface area contributed by atoms with E-state index < -0.39 is 20.5 Å². The van der Waals surface area contributed by atoms with Gasteiger partial charge in [0.25, 0.3) is 0 Å². The van der Waals surface area contributed by atoms with E-state index in [1.54, 1.807) is 24.3 Å². The highest BCUT2D eigenvalue weighted by molar-refractivity contribution is 7.33. The van der Waals surface area contributed by atoms with Crippen molar-refractivity contribution < 1.29 is 32.7 Å². The number of cyclic esters (lactones) is 2. The maximum Gasteiger partial charge on any atom is 0.339 e. The molecule has 0 amide bonds. The fraction of sp³-hybridized carbons (Fsp3) is 0.300. The van der Waals surface area contributed by atoms with E-state index in [9.17, 15) is 14.2 Å². The third-order valence-electron chi connectivity index (χ3n) is 4.75. The van der Waals surface area contributed by atoms with Crippen molar-refractivity contribution in [1.82, 2.24) is 0 Å². The molecule has 2 atom stereocenters. The van der Waals surface area contributed by atoms with Gasteiger partial charge in [-0.1, -0.05) is 36.4 Å². The normalized spacial score (nSPS) is 21.0. The standard InChI is InChI=1S/C20H19O7P/c21-19-15-7-3-1-5-13(15)17(26-19)9-11-24-28(23)25-12-10-18-14-6-2-4-8-16(14)20(22)27-18/h1-8,17-18,28H,9-12H2. The van der Waals surface area contributed by atoms with Crippen LogP contribution >= 0.6 is 8.25 Å². The Balaban J connectivity index is 1.19. The van der Waals surface area contributed by atoms with E-state index in [1.807, 2.05) is 24.3 Å². The van der Waals surface area contributed by atoms with E-state index in [2.05, 4.69) is 0 Å². The summed E-state index contributed by atoms with van der Waals surface area (Å²) < 4.78 is 33.0. The molecule has 2 aliphatic heterocycles. The quantitative estimate of drug-likeness (QED) is 0.487. The van der Waals surface area contributed by atoms with Crippen LogP contribution < -0.4 is 0 Å². The molecule has 2 unspecified atom stereocenters. The Morgan fingerprint density at radius 3 is 1.64 bits per heavy atom. The van der Waals surface area contributed by atoms with Crippen molar-refractivity contribution in [2.75, 3.05) is 13.2 Å². The lowest BCUT2D eigenvalue weighted by Crippen LogP contribution is -2.04. The number of hydrogen-bond donors (Lipinski definition) is 0. The molecular formula is C20H19O7P. The lowest BCUT2D eigenvalue weighted by Gasteiger charge is -2.12. The van der Waals surface area contributed by atoms with Crippen LogP contribution in [0.15, 0.2) is 48.5 Å². The molecule has 146 valence electrons.